The minimum absolute atomic E-state index is 0.281. The average Bonchev–Trinajstić information content (AvgIpc) is 3.33. The summed E-state index contributed by atoms with van der Waals surface area (Å²) in [5.74, 6) is 1.83. The Balaban J connectivity index is 1.54. The number of fused-ring (bicyclic) bond motifs is 1. The monoisotopic (exact) mass is 476 g/mol. The molecule has 3 aromatic carbocycles. The van der Waals surface area contributed by atoms with Gasteiger partial charge in [0.05, 0.1) is 11.9 Å². The summed E-state index contributed by atoms with van der Waals surface area (Å²) in [5.41, 5.74) is 3.70. The zero-order valence-corrected chi connectivity index (χ0v) is 19.5. The van der Waals surface area contributed by atoms with Gasteiger partial charge in [-0.25, -0.2) is 9.97 Å². The summed E-state index contributed by atoms with van der Waals surface area (Å²) in [4.78, 5) is 20.8. The number of nitrogens with one attached hydrogen (secondary N) is 2. The van der Waals surface area contributed by atoms with Crippen LogP contribution in [-0.4, -0.2) is 29.0 Å². The quantitative estimate of drug-likeness (QED) is 0.195. The third kappa shape index (κ3) is 4.95. The van der Waals surface area contributed by atoms with Gasteiger partial charge in [0.1, 0.15) is 30.3 Å². The van der Waals surface area contributed by atoms with Crippen LogP contribution in [0.2, 0.25) is 0 Å². The van der Waals surface area contributed by atoms with Gasteiger partial charge in [-0.3, -0.25) is 4.79 Å². The number of hydrogen-bond acceptors (Lipinski definition) is 6. The molecule has 7 heteroatoms. The molecule has 0 atom stereocenters. The molecule has 0 saturated heterocycles. The molecule has 2 N–H and O–H groups in total. The van der Waals surface area contributed by atoms with E-state index in [1.165, 1.54) is 12.4 Å². The third-order valence-corrected chi connectivity index (χ3v) is 5.53. The fraction of sp³-hybridized carbons (Fsp3) is 0.0690. The molecule has 0 aliphatic carbocycles. The van der Waals surface area contributed by atoms with Crippen LogP contribution in [0.4, 0.5) is 11.5 Å². The van der Waals surface area contributed by atoms with Crippen LogP contribution in [-0.2, 0) is 4.79 Å². The summed E-state index contributed by atoms with van der Waals surface area (Å²) in [6.07, 6.45) is 2.72. The van der Waals surface area contributed by atoms with Gasteiger partial charge in [0, 0.05) is 16.8 Å². The maximum atomic E-state index is 11.9. The van der Waals surface area contributed by atoms with Crippen molar-refractivity contribution in [3.63, 3.8) is 0 Å². The van der Waals surface area contributed by atoms with Crippen LogP contribution in [0.15, 0.2) is 108 Å². The van der Waals surface area contributed by atoms with E-state index in [2.05, 4.69) is 27.2 Å². The highest BCUT2D eigenvalue weighted by molar-refractivity contribution is 6.06. The Bertz CT molecular complexity index is 1500. The van der Waals surface area contributed by atoms with Crippen LogP contribution in [0.5, 0.6) is 5.75 Å². The molecule has 0 aliphatic rings. The summed E-state index contributed by atoms with van der Waals surface area (Å²) in [6, 6.07) is 27.1. The first-order chi connectivity index (χ1) is 17.7. The predicted octanol–water partition coefficient (Wildman–Crippen LogP) is 6.17. The zero-order chi connectivity index (χ0) is 24.7. The first-order valence-corrected chi connectivity index (χ1v) is 11.5. The third-order valence-electron chi connectivity index (χ3n) is 5.53. The van der Waals surface area contributed by atoms with Gasteiger partial charge in [-0.15, -0.1) is 0 Å². The van der Waals surface area contributed by atoms with E-state index < -0.39 is 0 Å². The Morgan fingerprint density at radius 3 is 2.47 bits per heavy atom. The van der Waals surface area contributed by atoms with E-state index in [0.717, 1.165) is 27.8 Å². The number of aromatic nitrogens is 2. The number of benzene rings is 3. The highest BCUT2D eigenvalue weighted by atomic mass is 16.5. The second-order valence-electron chi connectivity index (χ2n) is 7.94. The smallest absolute Gasteiger partial charge is 0.247 e. The molecule has 1 amide bonds. The van der Waals surface area contributed by atoms with Crippen LogP contribution in [0.1, 0.15) is 0 Å². The minimum Gasteiger partial charge on any atom is -0.492 e. The number of anilines is 2. The van der Waals surface area contributed by atoms with Gasteiger partial charge in [-0.1, -0.05) is 67.2 Å². The summed E-state index contributed by atoms with van der Waals surface area (Å²) < 4.78 is 12.1. The van der Waals surface area contributed by atoms with Gasteiger partial charge in [-0.05, 0) is 35.9 Å². The molecule has 5 aromatic rings. The van der Waals surface area contributed by atoms with Crippen LogP contribution in [0, 0.1) is 0 Å². The van der Waals surface area contributed by atoms with Crippen molar-refractivity contribution in [2.45, 2.75) is 0 Å². The molecule has 7 nitrogen and oxygen atoms in total. The van der Waals surface area contributed by atoms with Crippen molar-refractivity contribution in [1.29, 1.82) is 0 Å². The van der Waals surface area contributed by atoms with Crippen molar-refractivity contribution in [3.8, 4) is 28.2 Å². The maximum Gasteiger partial charge on any atom is 0.247 e. The summed E-state index contributed by atoms with van der Waals surface area (Å²) in [7, 11) is 0. The fourth-order valence-electron chi connectivity index (χ4n) is 3.94. The summed E-state index contributed by atoms with van der Waals surface area (Å²) in [5, 5.41) is 6.95. The van der Waals surface area contributed by atoms with Gasteiger partial charge in [0.15, 0.2) is 0 Å². The molecule has 0 spiro atoms. The Hall–Kier alpha value is -4.91. The lowest BCUT2D eigenvalue weighted by atomic mass is 9.99. The first-order valence-electron chi connectivity index (χ1n) is 11.5. The molecule has 0 bridgehead atoms. The fourth-order valence-corrected chi connectivity index (χ4v) is 3.94. The van der Waals surface area contributed by atoms with Crippen LogP contribution < -0.4 is 15.4 Å². The largest absolute Gasteiger partial charge is 0.492 e. The minimum atomic E-state index is -0.281. The maximum absolute atomic E-state index is 11.9. The number of furan rings is 1. The normalized spacial score (nSPS) is 10.7. The number of para-hydroxylation sites is 1. The predicted molar refractivity (Wildman–Crippen MR) is 142 cm³/mol. The van der Waals surface area contributed by atoms with E-state index in [1.807, 2.05) is 84.9 Å². The molecule has 36 heavy (non-hydrogen) atoms. The van der Waals surface area contributed by atoms with Gasteiger partial charge in [-0.2, -0.15) is 0 Å². The molecular weight excluding hydrogens is 452 g/mol. The summed E-state index contributed by atoms with van der Waals surface area (Å²) >= 11 is 0. The van der Waals surface area contributed by atoms with Gasteiger partial charge >= 0.3 is 0 Å². The molecule has 0 saturated carbocycles. The molecule has 0 aliphatic heterocycles. The number of carbonyl (C=O) groups is 1. The van der Waals surface area contributed by atoms with Crippen molar-refractivity contribution in [3.05, 3.63) is 104 Å². The average molecular weight is 477 g/mol. The number of carbonyl (C=O) groups excluding carboxylic acids is 1. The van der Waals surface area contributed by atoms with Crippen LogP contribution >= 0.6 is 0 Å². The molecule has 178 valence electrons. The Labute approximate surface area is 208 Å². The first kappa shape index (κ1) is 22.9. The standard InChI is InChI=1S/C29H24N4O3/c1-2-24(34)33-22-13-9-12-21(18-22)25-26-28(30-16-17-35-23-14-7-4-8-15-23)31-19-32-29(26)36-27(25)20-10-5-3-6-11-20/h2-15,18-19H,1,16-17H2,(H,33,34)(H,30,31,32). The second-order valence-corrected chi connectivity index (χ2v) is 7.94. The van der Waals surface area contributed by atoms with Gasteiger partial charge in [0.2, 0.25) is 11.6 Å². The number of nitrogens with zero attached hydrogens (tertiary/aromatic N) is 2. The molecule has 5 rings (SSSR count). The Kier molecular flexibility index (Phi) is 6.71. The van der Waals surface area contributed by atoms with Crippen molar-refractivity contribution in [2.75, 3.05) is 23.8 Å². The van der Waals surface area contributed by atoms with E-state index in [9.17, 15) is 4.79 Å². The molecule has 2 aromatic heterocycles. The van der Waals surface area contributed by atoms with Gasteiger partial charge in [0.25, 0.3) is 0 Å². The van der Waals surface area contributed by atoms with Crippen LogP contribution in [0.25, 0.3) is 33.6 Å². The highest BCUT2D eigenvalue weighted by Crippen LogP contribution is 2.43. The van der Waals surface area contributed by atoms with Crippen molar-refractivity contribution in [2.24, 2.45) is 0 Å². The highest BCUT2D eigenvalue weighted by Gasteiger charge is 2.22. The lowest BCUT2D eigenvalue weighted by molar-refractivity contribution is -0.111. The van der Waals surface area contributed by atoms with E-state index >= 15 is 0 Å². The second kappa shape index (κ2) is 10.6. The van der Waals surface area contributed by atoms with Crippen molar-refractivity contribution >= 4 is 28.5 Å². The molecular formula is C29H24N4O3. The lowest BCUT2D eigenvalue weighted by Crippen LogP contribution is -2.12. The molecule has 0 unspecified atom stereocenters. The Morgan fingerprint density at radius 2 is 1.69 bits per heavy atom. The molecule has 0 radical (unpaired) electrons. The topological polar surface area (TPSA) is 89.3 Å². The lowest BCUT2D eigenvalue weighted by Gasteiger charge is -2.11. The number of hydrogen-bond donors (Lipinski definition) is 2. The SMILES string of the molecule is C=CC(=O)Nc1cccc(-c2c(-c3ccccc3)oc3ncnc(NCCOc4ccccc4)c23)c1. The number of rotatable bonds is 9. The summed E-state index contributed by atoms with van der Waals surface area (Å²) in [6.45, 7) is 4.51. The van der Waals surface area contributed by atoms with E-state index in [1.54, 1.807) is 0 Å². The van der Waals surface area contributed by atoms with E-state index in [-0.39, 0.29) is 5.91 Å². The molecule has 0 fully saturated rings. The van der Waals surface area contributed by atoms with E-state index in [0.29, 0.717) is 36.1 Å². The molecule has 2 heterocycles. The van der Waals surface area contributed by atoms with Gasteiger partial charge < -0.3 is 19.8 Å². The Morgan fingerprint density at radius 1 is 0.944 bits per heavy atom. The number of ether oxygens (including phenoxy) is 1. The van der Waals surface area contributed by atoms with E-state index in [4.69, 9.17) is 9.15 Å². The zero-order valence-electron chi connectivity index (χ0n) is 19.5. The van der Waals surface area contributed by atoms with Crippen molar-refractivity contribution in [1.82, 2.24) is 9.97 Å². The number of amides is 1. The van der Waals surface area contributed by atoms with Crippen LogP contribution in [0.3, 0.4) is 0 Å². The van der Waals surface area contributed by atoms with Crippen molar-refractivity contribution < 1.29 is 13.9 Å².